The molecular weight excluding hydrogens is 464 g/mol. The largest absolute Gasteiger partial charge is 0.446 e. The van der Waals surface area contributed by atoms with Crippen molar-refractivity contribution in [2.45, 2.75) is 30.9 Å². The highest BCUT2D eigenvalue weighted by Gasteiger charge is 2.30. The first-order valence-electron chi connectivity index (χ1n) is 10.1. The normalized spacial score (nSPS) is 13.1. The van der Waals surface area contributed by atoms with E-state index >= 15 is 0 Å². The van der Waals surface area contributed by atoms with Crippen molar-refractivity contribution in [3.63, 3.8) is 0 Å². The van der Waals surface area contributed by atoms with Crippen molar-refractivity contribution in [1.29, 1.82) is 0 Å². The van der Waals surface area contributed by atoms with Crippen molar-refractivity contribution >= 4 is 39.2 Å². The van der Waals surface area contributed by atoms with Crippen molar-refractivity contribution in [2.24, 2.45) is 0 Å². The van der Waals surface area contributed by atoms with Gasteiger partial charge in [0.25, 0.3) is 5.91 Å². The molecule has 0 spiro atoms. The molecule has 2 N–H and O–H groups in total. The van der Waals surface area contributed by atoms with Gasteiger partial charge in [-0.05, 0) is 43.7 Å². The topological polar surface area (TPSA) is 102 Å². The van der Waals surface area contributed by atoms with Gasteiger partial charge in [0, 0.05) is 16.3 Å². The van der Waals surface area contributed by atoms with E-state index in [0.717, 1.165) is 5.56 Å². The maximum absolute atomic E-state index is 13.0. The molecule has 0 saturated heterocycles. The van der Waals surface area contributed by atoms with E-state index in [0.29, 0.717) is 16.3 Å². The Kier molecular flexibility index (Phi) is 7.86. The second-order valence-corrected chi connectivity index (χ2v) is 9.46. The second-order valence-electron chi connectivity index (χ2n) is 7.34. The molecule has 9 heteroatoms. The molecule has 0 fully saturated rings. The number of hydrogen-bond donors (Lipinski definition) is 2. The first-order valence-corrected chi connectivity index (χ1v) is 11.9. The number of nitrogens with one attached hydrogen (secondary N) is 2. The fraction of sp³-hybridized carbons (Fsp3) is 0.167. The van der Waals surface area contributed by atoms with Gasteiger partial charge in [-0.25, -0.2) is 8.42 Å². The third kappa shape index (κ3) is 6.41. The van der Waals surface area contributed by atoms with Crippen molar-refractivity contribution in [2.75, 3.05) is 5.32 Å². The standard InChI is InChI=1S/C24H23ClN2O5S/c1-16-13-14-19(15-21(16)25)26-23(28)22(18-9-5-3-6-10-18)32-24(29)17(2)27-33(30,31)20-11-7-4-8-12-20/h3-15,17,22,27H,1-2H3,(H,26,28). The number of esters is 1. The van der Waals surface area contributed by atoms with Gasteiger partial charge in [-0.1, -0.05) is 66.2 Å². The summed E-state index contributed by atoms with van der Waals surface area (Å²) in [5.41, 5.74) is 1.71. The van der Waals surface area contributed by atoms with Crippen LogP contribution in [0.3, 0.4) is 0 Å². The molecule has 0 bridgehead atoms. The van der Waals surface area contributed by atoms with Crippen LogP contribution >= 0.6 is 11.6 Å². The first kappa shape index (κ1) is 24.4. The monoisotopic (exact) mass is 486 g/mol. The summed E-state index contributed by atoms with van der Waals surface area (Å²) in [7, 11) is -3.95. The Morgan fingerprint density at radius 1 is 0.939 bits per heavy atom. The Morgan fingerprint density at radius 3 is 2.15 bits per heavy atom. The molecule has 0 heterocycles. The lowest BCUT2D eigenvalue weighted by atomic mass is 10.1. The molecule has 3 aromatic rings. The summed E-state index contributed by atoms with van der Waals surface area (Å²) in [6.07, 6.45) is -1.30. The molecule has 0 aliphatic carbocycles. The smallest absolute Gasteiger partial charge is 0.325 e. The van der Waals surface area contributed by atoms with E-state index < -0.39 is 34.0 Å². The molecule has 33 heavy (non-hydrogen) atoms. The lowest BCUT2D eigenvalue weighted by Gasteiger charge is -2.21. The number of hydrogen-bond acceptors (Lipinski definition) is 5. The number of benzene rings is 3. The average Bonchev–Trinajstić information content (AvgIpc) is 2.80. The molecule has 0 radical (unpaired) electrons. The van der Waals surface area contributed by atoms with Crippen molar-refractivity contribution in [1.82, 2.24) is 4.72 Å². The van der Waals surface area contributed by atoms with E-state index in [2.05, 4.69) is 10.0 Å². The Bertz CT molecular complexity index is 1230. The van der Waals surface area contributed by atoms with Crippen LogP contribution in [0.4, 0.5) is 5.69 Å². The molecule has 3 rings (SSSR count). The molecule has 172 valence electrons. The summed E-state index contributed by atoms with van der Waals surface area (Å²) in [6.45, 7) is 3.18. The average molecular weight is 487 g/mol. The molecule has 3 aromatic carbocycles. The Labute approximate surface area is 197 Å². The number of rotatable bonds is 8. The molecule has 2 unspecified atom stereocenters. The van der Waals surface area contributed by atoms with E-state index in [1.807, 2.05) is 6.92 Å². The zero-order chi connectivity index (χ0) is 24.0. The molecule has 0 aromatic heterocycles. The van der Waals surface area contributed by atoms with Crippen LogP contribution in [0, 0.1) is 6.92 Å². The molecule has 1 amide bonds. The highest BCUT2D eigenvalue weighted by molar-refractivity contribution is 7.89. The van der Waals surface area contributed by atoms with Crippen molar-refractivity contribution < 1.29 is 22.7 Å². The fourth-order valence-electron chi connectivity index (χ4n) is 2.95. The lowest BCUT2D eigenvalue weighted by Crippen LogP contribution is -2.41. The van der Waals surface area contributed by atoms with Gasteiger partial charge in [0.05, 0.1) is 4.90 Å². The minimum absolute atomic E-state index is 0.0123. The van der Waals surface area contributed by atoms with Gasteiger partial charge in [-0.15, -0.1) is 0 Å². The highest BCUT2D eigenvalue weighted by Crippen LogP contribution is 2.24. The van der Waals surface area contributed by atoms with Crippen LogP contribution in [0.15, 0.2) is 83.8 Å². The summed E-state index contributed by atoms with van der Waals surface area (Å²) >= 11 is 6.13. The van der Waals surface area contributed by atoms with Crippen LogP contribution in [-0.4, -0.2) is 26.3 Å². The van der Waals surface area contributed by atoms with Crippen LogP contribution in [0.1, 0.15) is 24.2 Å². The van der Waals surface area contributed by atoms with Crippen LogP contribution in [0.2, 0.25) is 5.02 Å². The maximum Gasteiger partial charge on any atom is 0.325 e. The number of halogens is 1. The minimum Gasteiger partial charge on any atom is -0.446 e. The second kappa shape index (κ2) is 10.6. The van der Waals surface area contributed by atoms with Gasteiger partial charge in [-0.2, -0.15) is 4.72 Å². The lowest BCUT2D eigenvalue weighted by molar-refractivity contribution is -0.156. The molecular formula is C24H23ClN2O5S. The Balaban J connectivity index is 1.78. The molecule has 0 aliphatic rings. The number of ether oxygens (including phenoxy) is 1. The summed E-state index contributed by atoms with van der Waals surface area (Å²) in [4.78, 5) is 25.8. The third-order valence-electron chi connectivity index (χ3n) is 4.75. The number of carbonyl (C=O) groups is 2. The van der Waals surface area contributed by atoms with E-state index in [1.54, 1.807) is 66.7 Å². The van der Waals surface area contributed by atoms with E-state index in [4.69, 9.17) is 16.3 Å². The fourth-order valence-corrected chi connectivity index (χ4v) is 4.34. The van der Waals surface area contributed by atoms with Gasteiger partial charge in [-0.3, -0.25) is 9.59 Å². The van der Waals surface area contributed by atoms with E-state index in [9.17, 15) is 18.0 Å². The summed E-state index contributed by atoms with van der Waals surface area (Å²) in [5, 5.41) is 3.16. The maximum atomic E-state index is 13.0. The summed E-state index contributed by atoms with van der Waals surface area (Å²) < 4.78 is 32.8. The van der Waals surface area contributed by atoms with Gasteiger partial charge in [0.1, 0.15) is 6.04 Å². The van der Waals surface area contributed by atoms with Crippen LogP contribution in [0.25, 0.3) is 0 Å². The van der Waals surface area contributed by atoms with Gasteiger partial charge < -0.3 is 10.1 Å². The van der Waals surface area contributed by atoms with Crippen LogP contribution in [-0.2, 0) is 24.3 Å². The molecule has 0 saturated carbocycles. The van der Waals surface area contributed by atoms with Crippen molar-refractivity contribution in [3.8, 4) is 0 Å². The SMILES string of the molecule is Cc1ccc(NC(=O)C(OC(=O)C(C)NS(=O)(=O)c2ccccc2)c2ccccc2)cc1Cl. The zero-order valence-electron chi connectivity index (χ0n) is 18.0. The summed E-state index contributed by atoms with van der Waals surface area (Å²) in [5.74, 6) is -1.51. The van der Waals surface area contributed by atoms with Gasteiger partial charge in [0.2, 0.25) is 16.1 Å². The first-order chi connectivity index (χ1) is 15.7. The number of carbonyl (C=O) groups excluding carboxylic acids is 2. The highest BCUT2D eigenvalue weighted by atomic mass is 35.5. The van der Waals surface area contributed by atoms with Crippen molar-refractivity contribution in [3.05, 3.63) is 95.0 Å². The number of amides is 1. The zero-order valence-corrected chi connectivity index (χ0v) is 19.6. The van der Waals surface area contributed by atoms with Gasteiger partial charge in [0.15, 0.2) is 0 Å². The predicted octanol–water partition coefficient (Wildman–Crippen LogP) is 4.24. The van der Waals surface area contributed by atoms with Crippen LogP contribution < -0.4 is 10.0 Å². The molecule has 7 nitrogen and oxygen atoms in total. The number of sulfonamides is 1. The van der Waals surface area contributed by atoms with Gasteiger partial charge >= 0.3 is 5.97 Å². The quantitative estimate of drug-likeness (QED) is 0.464. The predicted molar refractivity (Wildman–Crippen MR) is 126 cm³/mol. The van der Waals surface area contributed by atoms with E-state index in [1.165, 1.54) is 19.1 Å². The Hall–Kier alpha value is -3.20. The Morgan fingerprint density at radius 2 is 1.55 bits per heavy atom. The van der Waals surface area contributed by atoms with Crippen LogP contribution in [0.5, 0.6) is 0 Å². The molecule has 0 aliphatic heterocycles. The number of aryl methyl sites for hydroxylation is 1. The minimum atomic E-state index is -3.95. The summed E-state index contributed by atoms with van der Waals surface area (Å²) in [6, 6.07) is 19.9. The number of anilines is 1. The third-order valence-corrected chi connectivity index (χ3v) is 6.72. The molecule has 2 atom stereocenters. The van der Waals surface area contributed by atoms with E-state index in [-0.39, 0.29) is 4.90 Å².